The van der Waals surface area contributed by atoms with Crippen LogP contribution in [0.1, 0.15) is 45.8 Å². The summed E-state index contributed by atoms with van der Waals surface area (Å²) in [6.45, 7) is 2.99. The van der Waals surface area contributed by atoms with Crippen molar-refractivity contribution in [2.75, 3.05) is 17.3 Å². The minimum absolute atomic E-state index is 0.150. The van der Waals surface area contributed by atoms with Crippen molar-refractivity contribution in [3.8, 4) is 11.8 Å². The van der Waals surface area contributed by atoms with Gasteiger partial charge in [0.1, 0.15) is 17.5 Å². The molecule has 0 saturated heterocycles. The molecule has 0 aliphatic carbocycles. The van der Waals surface area contributed by atoms with E-state index in [-0.39, 0.29) is 34.1 Å². The minimum Gasteiger partial charge on any atom is -0.495 e. The Morgan fingerprint density at radius 3 is 2.59 bits per heavy atom. The number of nitrogens with one attached hydrogen (secondary N) is 1. The highest BCUT2D eigenvalue weighted by Crippen LogP contribution is 2.32. The lowest BCUT2D eigenvalue weighted by Crippen LogP contribution is -2.47. The number of anilines is 2. The van der Waals surface area contributed by atoms with E-state index in [2.05, 4.69) is 10.4 Å². The summed E-state index contributed by atoms with van der Waals surface area (Å²) < 4.78 is 33.8. The first-order valence-electron chi connectivity index (χ1n) is 10.4. The smallest absolute Gasteiger partial charge is 0.279 e. The lowest BCUT2D eigenvalue weighted by molar-refractivity contribution is 0.0175. The number of halogens is 2. The average Bonchev–Trinajstić information content (AvgIpc) is 3.20. The molecule has 1 atom stereocenters. The molecule has 0 radical (unpaired) electrons. The summed E-state index contributed by atoms with van der Waals surface area (Å²) in [6.07, 6.45) is 1.39. The number of amides is 2. The van der Waals surface area contributed by atoms with Crippen LogP contribution < -0.4 is 15.0 Å². The van der Waals surface area contributed by atoms with Crippen molar-refractivity contribution < 1.29 is 23.1 Å². The summed E-state index contributed by atoms with van der Waals surface area (Å²) in [5.74, 6) is -3.59. The number of rotatable bonds is 5. The molecular weight excluding hydrogens is 444 g/mol. The fourth-order valence-electron chi connectivity index (χ4n) is 3.90. The van der Waals surface area contributed by atoms with Crippen LogP contribution in [-0.2, 0) is 12.5 Å². The Bertz CT molecular complexity index is 1310. The predicted octanol–water partition coefficient (Wildman–Crippen LogP) is 4.18. The van der Waals surface area contributed by atoms with Crippen LogP contribution in [0.2, 0.25) is 0 Å². The zero-order valence-electron chi connectivity index (χ0n) is 18.7. The number of carbonyl (C=O) groups excluding carboxylic acids is 2. The fourth-order valence-corrected chi connectivity index (χ4v) is 3.90. The summed E-state index contributed by atoms with van der Waals surface area (Å²) in [4.78, 5) is 27.7. The molecule has 2 aromatic carbocycles. The second kappa shape index (κ2) is 8.59. The molecule has 0 spiro atoms. The molecule has 2 amide bonds. The molecule has 2 heterocycles. The van der Waals surface area contributed by atoms with Gasteiger partial charge in [-0.15, -0.1) is 0 Å². The Kier molecular flexibility index (Phi) is 5.79. The fraction of sp³-hybridized carbons (Fsp3) is 0.250. The van der Waals surface area contributed by atoms with Crippen molar-refractivity contribution in [3.63, 3.8) is 0 Å². The van der Waals surface area contributed by atoms with Gasteiger partial charge in [-0.3, -0.25) is 14.3 Å². The normalized spacial score (nSPS) is 15.5. The van der Waals surface area contributed by atoms with Gasteiger partial charge in [0, 0.05) is 23.7 Å². The summed E-state index contributed by atoms with van der Waals surface area (Å²) in [7, 11) is 1.43. The molecule has 10 heteroatoms. The van der Waals surface area contributed by atoms with Crippen molar-refractivity contribution in [2.24, 2.45) is 0 Å². The number of benzene rings is 2. The van der Waals surface area contributed by atoms with E-state index in [4.69, 9.17) is 4.74 Å². The number of aromatic nitrogens is 2. The molecule has 174 valence electrons. The van der Waals surface area contributed by atoms with Gasteiger partial charge in [0.2, 0.25) is 0 Å². The molecule has 1 aromatic heterocycles. The van der Waals surface area contributed by atoms with Crippen LogP contribution in [0.5, 0.6) is 5.75 Å². The molecule has 4 rings (SSSR count). The van der Waals surface area contributed by atoms with Crippen LogP contribution in [0.3, 0.4) is 0 Å². The number of hydrogen-bond donors (Lipinski definition) is 1. The zero-order valence-corrected chi connectivity index (χ0v) is 18.7. The third-order valence-electron chi connectivity index (χ3n) is 5.62. The van der Waals surface area contributed by atoms with Gasteiger partial charge >= 0.3 is 0 Å². The molecule has 34 heavy (non-hydrogen) atoms. The van der Waals surface area contributed by atoms with Crippen molar-refractivity contribution >= 4 is 23.2 Å². The summed E-state index contributed by atoms with van der Waals surface area (Å²) >= 11 is 0. The van der Waals surface area contributed by atoms with Crippen LogP contribution in [-0.4, -0.2) is 34.7 Å². The third-order valence-corrected chi connectivity index (χ3v) is 5.62. The van der Waals surface area contributed by atoms with Crippen LogP contribution in [0, 0.1) is 11.3 Å². The van der Waals surface area contributed by atoms with E-state index in [0.29, 0.717) is 18.0 Å². The first-order chi connectivity index (χ1) is 16.1. The monoisotopic (exact) mass is 465 g/mol. The van der Waals surface area contributed by atoms with Gasteiger partial charge in [0.25, 0.3) is 17.7 Å². The summed E-state index contributed by atoms with van der Waals surface area (Å²) in [5.41, 5.74) is 1.10. The Hall–Kier alpha value is -4.26. The van der Waals surface area contributed by atoms with Crippen molar-refractivity contribution in [1.29, 1.82) is 5.26 Å². The summed E-state index contributed by atoms with van der Waals surface area (Å²) in [5, 5.41) is 16.2. The van der Waals surface area contributed by atoms with Gasteiger partial charge in [-0.05, 0) is 37.3 Å². The Morgan fingerprint density at radius 1 is 1.26 bits per heavy atom. The third kappa shape index (κ3) is 4.08. The van der Waals surface area contributed by atoms with Gasteiger partial charge in [-0.25, -0.2) is 8.78 Å². The number of methoxy groups -OCH3 is 1. The van der Waals surface area contributed by atoms with Crippen molar-refractivity contribution in [2.45, 2.75) is 32.4 Å². The Balaban J connectivity index is 1.62. The van der Waals surface area contributed by atoms with E-state index >= 15 is 0 Å². The van der Waals surface area contributed by atoms with E-state index in [1.54, 1.807) is 0 Å². The highest BCUT2D eigenvalue weighted by molar-refractivity contribution is 6.13. The minimum atomic E-state index is -2.99. The molecule has 3 aromatic rings. The van der Waals surface area contributed by atoms with Crippen LogP contribution in [0.25, 0.3) is 0 Å². The van der Waals surface area contributed by atoms with Gasteiger partial charge in [-0.2, -0.15) is 10.4 Å². The predicted molar refractivity (Wildman–Crippen MR) is 120 cm³/mol. The van der Waals surface area contributed by atoms with E-state index in [9.17, 15) is 23.6 Å². The van der Waals surface area contributed by atoms with E-state index < -0.39 is 17.7 Å². The van der Waals surface area contributed by atoms with Crippen molar-refractivity contribution in [3.05, 3.63) is 71.0 Å². The quantitative estimate of drug-likeness (QED) is 0.610. The Labute approximate surface area is 194 Å². The number of nitriles is 1. The number of hydrogen-bond acceptors (Lipinski definition) is 5. The standard InChI is InChI=1S/C24H21F2N5O3/c1-14-13-30-21(23(33)31(14)18-7-5-17(6-8-18)24(2,25)26)19(12-28-30)29-22(32)15-4-9-20(34-3)16(10-15)11-27/h4-10,12,14H,13H2,1-3H3,(H,29,32). The maximum absolute atomic E-state index is 13.6. The molecular formula is C24H21F2N5O3. The highest BCUT2D eigenvalue weighted by Gasteiger charge is 2.35. The molecule has 1 unspecified atom stereocenters. The lowest BCUT2D eigenvalue weighted by Gasteiger charge is -2.34. The first-order valence-corrected chi connectivity index (χ1v) is 10.4. The molecule has 0 bridgehead atoms. The van der Waals surface area contributed by atoms with Crippen molar-refractivity contribution in [1.82, 2.24) is 9.78 Å². The van der Waals surface area contributed by atoms with E-state index in [1.807, 2.05) is 13.0 Å². The molecule has 0 fully saturated rings. The van der Waals surface area contributed by atoms with Crippen LogP contribution in [0.4, 0.5) is 20.2 Å². The van der Waals surface area contributed by atoms with Gasteiger partial charge in [0.05, 0.1) is 37.1 Å². The molecule has 1 aliphatic heterocycles. The number of carbonyl (C=O) groups is 2. The number of ether oxygens (including phenoxy) is 1. The topological polar surface area (TPSA) is 100 Å². The molecule has 0 saturated carbocycles. The number of fused-ring (bicyclic) bond motifs is 1. The molecule has 8 nitrogen and oxygen atoms in total. The van der Waals surface area contributed by atoms with Gasteiger partial charge < -0.3 is 15.0 Å². The number of alkyl halides is 2. The van der Waals surface area contributed by atoms with Crippen LogP contribution >= 0.6 is 0 Å². The SMILES string of the molecule is COc1ccc(C(=O)Nc2cnn3c2C(=O)N(c2ccc(C(C)(F)F)cc2)C(C)C3)cc1C#N. The van der Waals surface area contributed by atoms with Crippen LogP contribution in [0.15, 0.2) is 48.7 Å². The second-order valence-electron chi connectivity index (χ2n) is 8.03. The highest BCUT2D eigenvalue weighted by atomic mass is 19.3. The van der Waals surface area contributed by atoms with Gasteiger partial charge in [-0.1, -0.05) is 12.1 Å². The molecule has 1 N–H and O–H groups in total. The maximum Gasteiger partial charge on any atom is 0.279 e. The number of nitrogens with zero attached hydrogens (tertiary/aromatic N) is 4. The average molecular weight is 465 g/mol. The largest absolute Gasteiger partial charge is 0.495 e. The maximum atomic E-state index is 13.6. The first kappa shape index (κ1) is 22.9. The second-order valence-corrected chi connectivity index (χ2v) is 8.03. The van der Waals surface area contributed by atoms with E-state index in [0.717, 1.165) is 6.92 Å². The Morgan fingerprint density at radius 2 is 1.97 bits per heavy atom. The van der Waals surface area contributed by atoms with E-state index in [1.165, 1.54) is 65.4 Å². The summed E-state index contributed by atoms with van der Waals surface area (Å²) in [6, 6.07) is 11.6. The molecule has 1 aliphatic rings. The lowest BCUT2D eigenvalue weighted by atomic mass is 10.1. The van der Waals surface area contributed by atoms with Gasteiger partial charge in [0.15, 0.2) is 0 Å². The zero-order chi connectivity index (χ0) is 24.6.